The Hall–Kier alpha value is -2.41. The molecule has 1 heterocycles. The van der Waals surface area contributed by atoms with E-state index in [-0.39, 0.29) is 11.7 Å². The summed E-state index contributed by atoms with van der Waals surface area (Å²) in [5.41, 5.74) is 6.61. The Morgan fingerprint density at radius 1 is 1.33 bits per heavy atom. The number of pyridine rings is 1. The number of hydrogen-bond acceptors (Lipinski definition) is 5. The normalized spacial score (nSPS) is 11.7. The van der Waals surface area contributed by atoms with Gasteiger partial charge in [0.15, 0.2) is 0 Å². The molecule has 21 heavy (non-hydrogen) atoms. The third kappa shape index (κ3) is 4.03. The molecule has 0 fully saturated rings. The number of hydrogen-bond donors (Lipinski definition) is 2. The van der Waals surface area contributed by atoms with E-state index in [1.165, 1.54) is 12.4 Å². The van der Waals surface area contributed by atoms with Crippen molar-refractivity contribution in [3.63, 3.8) is 0 Å². The van der Waals surface area contributed by atoms with E-state index < -0.39 is 10.8 Å². The molecule has 0 saturated heterocycles. The lowest BCUT2D eigenvalue weighted by Gasteiger charge is -2.07. The van der Waals surface area contributed by atoms with Gasteiger partial charge >= 0.3 is 0 Å². The quantitative estimate of drug-likeness (QED) is 0.871. The van der Waals surface area contributed by atoms with Crippen LogP contribution in [0.15, 0.2) is 47.6 Å². The van der Waals surface area contributed by atoms with Gasteiger partial charge in [0.05, 0.1) is 34.7 Å². The van der Waals surface area contributed by atoms with Crippen LogP contribution >= 0.6 is 0 Å². The van der Waals surface area contributed by atoms with Crippen molar-refractivity contribution in [1.29, 1.82) is 0 Å². The zero-order valence-electron chi connectivity index (χ0n) is 11.4. The van der Waals surface area contributed by atoms with Gasteiger partial charge in [-0.05, 0) is 30.3 Å². The van der Waals surface area contributed by atoms with Crippen molar-refractivity contribution >= 4 is 28.1 Å². The predicted molar refractivity (Wildman–Crippen MR) is 81.5 cm³/mol. The van der Waals surface area contributed by atoms with Crippen molar-refractivity contribution in [3.05, 3.63) is 42.7 Å². The molecule has 1 aromatic carbocycles. The number of methoxy groups -OCH3 is 1. The van der Waals surface area contributed by atoms with Crippen molar-refractivity contribution in [2.24, 2.45) is 0 Å². The molecule has 0 spiro atoms. The lowest BCUT2D eigenvalue weighted by Crippen LogP contribution is -2.20. The monoisotopic (exact) mass is 305 g/mol. The first kappa shape index (κ1) is 15.0. The summed E-state index contributed by atoms with van der Waals surface area (Å²) in [4.78, 5) is 16.1. The highest BCUT2D eigenvalue weighted by Crippen LogP contribution is 2.16. The summed E-state index contributed by atoms with van der Waals surface area (Å²) < 4.78 is 17.1. The molecule has 1 atom stereocenters. The zero-order valence-corrected chi connectivity index (χ0v) is 12.2. The number of anilines is 2. The Kier molecular flexibility index (Phi) is 4.89. The fourth-order valence-electron chi connectivity index (χ4n) is 1.67. The number of nitrogen functional groups attached to an aromatic ring is 1. The largest absolute Gasteiger partial charge is 0.497 e. The molecule has 7 heteroatoms. The van der Waals surface area contributed by atoms with Gasteiger partial charge in [0.2, 0.25) is 5.91 Å². The summed E-state index contributed by atoms with van der Waals surface area (Å²) in [6, 6.07) is 8.42. The van der Waals surface area contributed by atoms with Crippen molar-refractivity contribution in [3.8, 4) is 5.75 Å². The molecule has 1 amide bonds. The smallest absolute Gasteiger partial charge is 0.237 e. The van der Waals surface area contributed by atoms with Gasteiger partial charge in [-0.3, -0.25) is 14.0 Å². The molecule has 110 valence electrons. The molecule has 0 saturated carbocycles. The van der Waals surface area contributed by atoms with E-state index in [1.54, 1.807) is 37.4 Å². The van der Waals surface area contributed by atoms with Crippen molar-refractivity contribution in [1.82, 2.24) is 4.98 Å². The molecule has 2 aromatic rings. The number of rotatable bonds is 5. The van der Waals surface area contributed by atoms with E-state index in [4.69, 9.17) is 10.5 Å². The first-order chi connectivity index (χ1) is 10.1. The Morgan fingerprint density at radius 3 is 2.67 bits per heavy atom. The summed E-state index contributed by atoms with van der Waals surface area (Å²) in [7, 11) is 0.0589. The third-order valence-electron chi connectivity index (χ3n) is 2.69. The lowest BCUT2D eigenvalue weighted by atomic mass is 10.3. The lowest BCUT2D eigenvalue weighted by molar-refractivity contribution is -0.113. The molecular weight excluding hydrogens is 290 g/mol. The highest BCUT2D eigenvalue weighted by molar-refractivity contribution is 7.86. The molecule has 1 unspecified atom stereocenters. The van der Waals surface area contributed by atoms with E-state index in [0.29, 0.717) is 22.0 Å². The van der Waals surface area contributed by atoms with E-state index >= 15 is 0 Å². The van der Waals surface area contributed by atoms with E-state index in [2.05, 4.69) is 10.3 Å². The Balaban J connectivity index is 1.98. The molecular formula is C14H15N3O3S. The number of benzene rings is 1. The molecule has 0 bridgehead atoms. The van der Waals surface area contributed by atoms with Gasteiger partial charge in [-0.15, -0.1) is 0 Å². The minimum absolute atomic E-state index is 0.166. The van der Waals surface area contributed by atoms with Crippen molar-refractivity contribution in [2.75, 3.05) is 23.9 Å². The predicted octanol–water partition coefficient (Wildman–Crippen LogP) is 1.42. The number of nitrogens with two attached hydrogens (primary N) is 1. The van der Waals surface area contributed by atoms with Crippen LogP contribution < -0.4 is 15.8 Å². The van der Waals surface area contributed by atoms with Gasteiger partial charge in [-0.1, -0.05) is 0 Å². The molecule has 2 rings (SSSR count). The topological polar surface area (TPSA) is 94.3 Å². The Morgan fingerprint density at radius 2 is 2.05 bits per heavy atom. The molecule has 0 aliphatic heterocycles. The molecule has 0 aliphatic rings. The first-order valence-electron chi connectivity index (χ1n) is 6.12. The number of ether oxygens (including phenoxy) is 1. The van der Waals surface area contributed by atoms with Crippen molar-refractivity contribution in [2.45, 2.75) is 4.90 Å². The second-order valence-electron chi connectivity index (χ2n) is 4.18. The highest BCUT2D eigenvalue weighted by atomic mass is 32.2. The van der Waals surface area contributed by atoms with E-state index in [0.717, 1.165) is 0 Å². The molecule has 6 nitrogen and oxygen atoms in total. The van der Waals surface area contributed by atoms with Crippen LogP contribution in [0, 0.1) is 0 Å². The van der Waals surface area contributed by atoms with Crippen LogP contribution in [0.2, 0.25) is 0 Å². The summed E-state index contributed by atoms with van der Waals surface area (Å²) in [6.07, 6.45) is 2.90. The van der Waals surface area contributed by atoms with Crippen LogP contribution in [-0.4, -0.2) is 28.0 Å². The summed E-state index contributed by atoms with van der Waals surface area (Å²) in [5.74, 6) is 0.177. The summed E-state index contributed by atoms with van der Waals surface area (Å²) in [5, 5.41) is 2.67. The van der Waals surface area contributed by atoms with Crippen molar-refractivity contribution < 1.29 is 13.7 Å². The van der Waals surface area contributed by atoms with Gasteiger partial charge in [-0.2, -0.15) is 0 Å². The van der Waals surface area contributed by atoms with Crippen LogP contribution in [0.5, 0.6) is 5.75 Å². The van der Waals surface area contributed by atoms with E-state index in [9.17, 15) is 9.00 Å². The molecule has 3 N–H and O–H groups in total. The molecule has 0 aliphatic carbocycles. The van der Waals surface area contributed by atoms with Gasteiger partial charge in [-0.25, -0.2) is 0 Å². The Bertz CT molecular complexity index is 659. The van der Waals surface area contributed by atoms with Gasteiger partial charge in [0.25, 0.3) is 0 Å². The second kappa shape index (κ2) is 6.85. The number of carbonyl (C=O) groups excluding carboxylic acids is 1. The van der Waals surface area contributed by atoms with Crippen LogP contribution in [0.3, 0.4) is 0 Å². The highest BCUT2D eigenvalue weighted by Gasteiger charge is 2.13. The fourth-order valence-corrected chi connectivity index (χ4v) is 2.66. The maximum absolute atomic E-state index is 12.1. The van der Waals surface area contributed by atoms with Crippen LogP contribution in [-0.2, 0) is 15.6 Å². The van der Waals surface area contributed by atoms with Gasteiger partial charge in [0.1, 0.15) is 11.5 Å². The maximum Gasteiger partial charge on any atom is 0.237 e. The van der Waals surface area contributed by atoms with Crippen LogP contribution in [0.1, 0.15) is 0 Å². The first-order valence-corrected chi connectivity index (χ1v) is 7.44. The van der Waals surface area contributed by atoms with Gasteiger partial charge in [0, 0.05) is 11.9 Å². The minimum Gasteiger partial charge on any atom is -0.497 e. The number of nitrogens with zero attached hydrogens (tertiary/aromatic N) is 1. The third-order valence-corrected chi connectivity index (χ3v) is 4.08. The van der Waals surface area contributed by atoms with Gasteiger partial charge < -0.3 is 15.8 Å². The fraction of sp³-hybridized carbons (Fsp3) is 0.143. The average Bonchev–Trinajstić information content (AvgIpc) is 2.48. The number of carbonyl (C=O) groups is 1. The maximum atomic E-state index is 12.1. The molecule has 0 radical (unpaired) electrons. The minimum atomic E-state index is -1.51. The number of nitrogens with one attached hydrogen (secondary N) is 1. The molecule has 1 aromatic heterocycles. The average molecular weight is 305 g/mol. The van der Waals surface area contributed by atoms with Crippen LogP contribution in [0.4, 0.5) is 11.4 Å². The van der Waals surface area contributed by atoms with E-state index in [1.807, 2.05) is 0 Å². The number of amides is 1. The second-order valence-corrected chi connectivity index (χ2v) is 5.60. The Labute approximate surface area is 124 Å². The van der Waals surface area contributed by atoms with Crippen LogP contribution in [0.25, 0.3) is 0 Å². The standard InChI is InChI=1S/C14H15N3O3S/c1-20-11-4-2-10(3-5-11)17-14(18)9-21(19)13-6-7-16-8-12(13)15/h2-8H,9,15H2,1H3,(H,17,18). The summed E-state index contributed by atoms with van der Waals surface area (Å²) >= 11 is 0. The zero-order chi connectivity index (χ0) is 15.2. The summed E-state index contributed by atoms with van der Waals surface area (Å²) in [6.45, 7) is 0. The SMILES string of the molecule is COc1ccc(NC(=O)CS(=O)c2ccncc2N)cc1. The number of aromatic nitrogens is 1.